The maximum Gasteiger partial charge on any atom is 0.260 e. The Labute approximate surface area is 212 Å². The van der Waals surface area contributed by atoms with Crippen LogP contribution in [0.5, 0.6) is 0 Å². The van der Waals surface area contributed by atoms with Gasteiger partial charge in [-0.1, -0.05) is 6.92 Å². The van der Waals surface area contributed by atoms with Crippen molar-refractivity contribution in [3.8, 4) is 10.4 Å². The van der Waals surface area contributed by atoms with Crippen molar-refractivity contribution in [2.24, 2.45) is 7.05 Å². The van der Waals surface area contributed by atoms with E-state index in [0.29, 0.717) is 35.8 Å². The van der Waals surface area contributed by atoms with Crippen LogP contribution in [0.1, 0.15) is 29.4 Å². The number of aromatic nitrogens is 5. The van der Waals surface area contributed by atoms with E-state index < -0.39 is 0 Å². The summed E-state index contributed by atoms with van der Waals surface area (Å²) < 4.78 is 8.94. The van der Waals surface area contributed by atoms with Crippen molar-refractivity contribution in [1.82, 2.24) is 29.3 Å². The zero-order valence-corrected chi connectivity index (χ0v) is 21.2. The minimum absolute atomic E-state index is 0.127. The number of nitrogens with one attached hydrogen (secondary N) is 2. The molecule has 2 N–H and O–H groups in total. The largest absolute Gasteiger partial charge is 0.378 e. The van der Waals surface area contributed by atoms with E-state index in [2.05, 4.69) is 37.6 Å². The predicted octanol–water partition coefficient (Wildman–Crippen LogP) is 2.80. The molecular weight excluding hydrogens is 480 g/mol. The maximum absolute atomic E-state index is 13.1. The summed E-state index contributed by atoms with van der Waals surface area (Å²) in [7, 11) is 1.86. The fraction of sp³-hybridized carbons (Fsp3) is 0.375. The molecular formula is C24H28N8O3S. The van der Waals surface area contributed by atoms with Gasteiger partial charge in [0.25, 0.3) is 5.91 Å². The van der Waals surface area contributed by atoms with E-state index in [9.17, 15) is 9.59 Å². The molecule has 36 heavy (non-hydrogen) atoms. The van der Waals surface area contributed by atoms with Crippen molar-refractivity contribution in [2.45, 2.75) is 26.3 Å². The summed E-state index contributed by atoms with van der Waals surface area (Å²) in [6, 6.07) is 1.96. The average Bonchev–Trinajstić information content (AvgIpc) is 3.57. The van der Waals surface area contributed by atoms with Crippen LogP contribution < -0.4 is 10.6 Å². The molecule has 1 saturated heterocycles. The first-order valence-corrected chi connectivity index (χ1v) is 12.6. The molecule has 11 nitrogen and oxygen atoms in total. The molecule has 0 saturated carbocycles. The summed E-state index contributed by atoms with van der Waals surface area (Å²) >= 11 is 1.47. The number of ether oxygens (including phenoxy) is 1. The number of thiazole rings is 1. The summed E-state index contributed by atoms with van der Waals surface area (Å²) in [6.07, 6.45) is 9.65. The third-order valence-electron chi connectivity index (χ3n) is 6.22. The molecule has 4 aromatic heterocycles. The monoisotopic (exact) mass is 508 g/mol. The van der Waals surface area contributed by atoms with Crippen molar-refractivity contribution in [3.05, 3.63) is 48.3 Å². The molecule has 5 heterocycles. The lowest BCUT2D eigenvalue weighted by Crippen LogP contribution is -2.48. The van der Waals surface area contributed by atoms with Gasteiger partial charge in [-0.2, -0.15) is 10.2 Å². The zero-order valence-electron chi connectivity index (χ0n) is 20.4. The Balaban J connectivity index is 1.29. The highest BCUT2D eigenvalue weighted by molar-refractivity contribution is 7.21. The van der Waals surface area contributed by atoms with Gasteiger partial charge < -0.3 is 15.4 Å². The topological polar surface area (TPSA) is 119 Å². The lowest BCUT2D eigenvalue weighted by atomic mass is 10.2. The first-order chi connectivity index (χ1) is 17.4. The number of hydrogen-bond donors (Lipinski definition) is 2. The molecule has 0 aliphatic carbocycles. The number of morpholine rings is 1. The van der Waals surface area contributed by atoms with E-state index in [1.54, 1.807) is 40.8 Å². The van der Waals surface area contributed by atoms with E-state index in [0.717, 1.165) is 28.2 Å². The van der Waals surface area contributed by atoms with Gasteiger partial charge in [-0.05, 0) is 19.4 Å². The highest BCUT2D eigenvalue weighted by Crippen LogP contribution is 2.30. The number of carbonyl (C=O) groups is 2. The number of hydrogen-bond acceptors (Lipinski definition) is 8. The van der Waals surface area contributed by atoms with E-state index in [-0.39, 0.29) is 24.4 Å². The number of amides is 2. The summed E-state index contributed by atoms with van der Waals surface area (Å²) in [6.45, 7) is 6.17. The van der Waals surface area contributed by atoms with E-state index in [4.69, 9.17) is 4.74 Å². The van der Waals surface area contributed by atoms with Crippen LogP contribution in [0.15, 0.2) is 37.1 Å². The van der Waals surface area contributed by atoms with Crippen LogP contribution in [-0.2, 0) is 16.6 Å². The third-order valence-corrected chi connectivity index (χ3v) is 7.38. The minimum atomic E-state index is -0.294. The number of nitrogens with zero attached hydrogens (tertiary/aromatic N) is 6. The van der Waals surface area contributed by atoms with Crippen LogP contribution in [-0.4, -0.2) is 73.4 Å². The second-order valence-corrected chi connectivity index (χ2v) is 9.80. The molecule has 188 valence electrons. The Morgan fingerprint density at radius 3 is 2.83 bits per heavy atom. The van der Waals surface area contributed by atoms with Crippen LogP contribution in [0.2, 0.25) is 0 Å². The molecule has 0 radical (unpaired) electrons. The Morgan fingerprint density at radius 2 is 2.06 bits per heavy atom. The second kappa shape index (κ2) is 10.2. The number of carbonyl (C=O) groups excluding carboxylic acids is 2. The molecule has 1 aliphatic heterocycles. The molecule has 4 aromatic rings. The summed E-state index contributed by atoms with van der Waals surface area (Å²) in [5.74, 6) is -0.421. The van der Waals surface area contributed by atoms with Crippen molar-refractivity contribution in [3.63, 3.8) is 0 Å². The first-order valence-electron chi connectivity index (χ1n) is 11.8. The summed E-state index contributed by atoms with van der Waals surface area (Å²) in [5, 5.41) is 14.4. The Bertz CT molecular complexity index is 1410. The van der Waals surface area contributed by atoms with Gasteiger partial charge in [-0.3, -0.25) is 24.2 Å². The van der Waals surface area contributed by atoms with Gasteiger partial charge >= 0.3 is 0 Å². The van der Waals surface area contributed by atoms with Crippen LogP contribution >= 0.6 is 11.3 Å². The Hall–Kier alpha value is -3.61. The van der Waals surface area contributed by atoms with Crippen molar-refractivity contribution in [2.75, 3.05) is 36.9 Å². The van der Waals surface area contributed by atoms with Gasteiger partial charge in [0.1, 0.15) is 4.83 Å². The molecule has 1 atom stereocenters. The second-order valence-electron chi connectivity index (χ2n) is 8.77. The maximum atomic E-state index is 13.1. The van der Waals surface area contributed by atoms with Gasteiger partial charge in [0.05, 0.1) is 65.9 Å². The van der Waals surface area contributed by atoms with Gasteiger partial charge in [0, 0.05) is 37.6 Å². The van der Waals surface area contributed by atoms with E-state index >= 15 is 0 Å². The van der Waals surface area contributed by atoms with E-state index in [1.165, 1.54) is 11.3 Å². The third kappa shape index (κ3) is 5.01. The minimum Gasteiger partial charge on any atom is -0.378 e. The zero-order chi connectivity index (χ0) is 25.2. The SMILES string of the molecule is CCC1COCCN1CC(=O)Nc1cnc(C)c(NC(=O)c2cnn3cc(-c4cnn(C)c4)sc23)c1. The number of aryl methyl sites for hydroxylation is 2. The first kappa shape index (κ1) is 24.1. The fourth-order valence-corrected chi connectivity index (χ4v) is 5.23. The molecule has 1 unspecified atom stereocenters. The molecule has 12 heteroatoms. The van der Waals surface area contributed by atoms with Gasteiger partial charge in [-0.25, -0.2) is 4.52 Å². The number of rotatable bonds is 7. The van der Waals surface area contributed by atoms with Crippen molar-refractivity contribution in [1.29, 1.82) is 0 Å². The Kier molecular flexibility index (Phi) is 6.81. The van der Waals surface area contributed by atoms with E-state index in [1.807, 2.05) is 19.4 Å². The quantitative estimate of drug-likeness (QED) is 0.394. The Morgan fingerprint density at radius 1 is 1.19 bits per heavy atom. The molecule has 5 rings (SSSR count). The summed E-state index contributed by atoms with van der Waals surface area (Å²) in [5.41, 5.74) is 3.12. The molecule has 0 aromatic carbocycles. The highest BCUT2D eigenvalue weighted by atomic mass is 32.1. The molecule has 2 amide bonds. The normalized spacial score (nSPS) is 16.4. The van der Waals surface area contributed by atoms with Gasteiger partial charge in [-0.15, -0.1) is 11.3 Å². The fourth-order valence-electron chi connectivity index (χ4n) is 4.20. The summed E-state index contributed by atoms with van der Waals surface area (Å²) in [4.78, 5) is 34.0. The molecule has 1 fully saturated rings. The van der Waals surface area contributed by atoms with Gasteiger partial charge in [0.15, 0.2) is 0 Å². The van der Waals surface area contributed by atoms with Crippen molar-refractivity contribution >= 4 is 39.4 Å². The molecule has 1 aliphatic rings. The van der Waals surface area contributed by atoms with Gasteiger partial charge in [0.2, 0.25) is 5.91 Å². The smallest absolute Gasteiger partial charge is 0.260 e. The lowest BCUT2D eigenvalue weighted by Gasteiger charge is -2.34. The standard InChI is InChI=1S/C24H28N8O3S/c1-4-18-14-35-6-5-31(18)13-22(33)28-17-7-20(15(2)25-9-17)29-23(34)19-10-27-32-12-21(36-24(19)32)16-8-26-30(3)11-16/h7-12,18H,4-6,13-14H2,1-3H3,(H,28,33)(H,29,34). The predicted molar refractivity (Wildman–Crippen MR) is 137 cm³/mol. The molecule has 0 spiro atoms. The average molecular weight is 509 g/mol. The number of pyridine rings is 1. The van der Waals surface area contributed by atoms with Crippen LogP contribution in [0.3, 0.4) is 0 Å². The van der Waals surface area contributed by atoms with Crippen LogP contribution in [0.25, 0.3) is 15.3 Å². The van der Waals surface area contributed by atoms with Crippen LogP contribution in [0.4, 0.5) is 11.4 Å². The molecule has 0 bridgehead atoms. The number of anilines is 2. The highest BCUT2D eigenvalue weighted by Gasteiger charge is 2.24. The lowest BCUT2D eigenvalue weighted by molar-refractivity contribution is -0.119. The van der Waals surface area contributed by atoms with Crippen LogP contribution in [0, 0.1) is 6.92 Å². The number of fused-ring (bicyclic) bond motifs is 1. The van der Waals surface area contributed by atoms with Crippen molar-refractivity contribution < 1.29 is 14.3 Å².